The second-order valence-electron chi connectivity index (χ2n) is 3.52. The molecule has 1 N–H and O–H groups in total. The summed E-state index contributed by atoms with van der Waals surface area (Å²) in [6.45, 7) is 1.70. The molecule has 0 atom stereocenters. The van der Waals surface area contributed by atoms with E-state index in [2.05, 4.69) is 11.3 Å². The summed E-state index contributed by atoms with van der Waals surface area (Å²) in [6.07, 6.45) is -14.6. The first kappa shape index (κ1) is 17.7. The number of aliphatic carboxylic acids is 1. The Balaban J connectivity index is 4.53. The fraction of sp³-hybridized carbons (Fsp3) is 0.667. The third-order valence-corrected chi connectivity index (χ3v) is 1.84. The molecule has 19 heavy (non-hydrogen) atoms. The summed E-state index contributed by atoms with van der Waals surface area (Å²) >= 11 is 0. The SMILES string of the molecule is C=C(CCOC(F)(F)C(F)(F)CC(F)(F)F)C(=O)O. The molecule has 0 aliphatic rings. The predicted molar refractivity (Wildman–Crippen MR) is 47.9 cm³/mol. The van der Waals surface area contributed by atoms with Gasteiger partial charge in [0.2, 0.25) is 0 Å². The minimum atomic E-state index is -5.50. The van der Waals surface area contributed by atoms with E-state index in [1.807, 2.05) is 0 Å². The molecule has 0 aliphatic heterocycles. The normalized spacial score (nSPS) is 13.4. The fourth-order valence-electron chi connectivity index (χ4n) is 0.870. The predicted octanol–water partition coefficient (Wildman–Crippen LogP) is 3.21. The van der Waals surface area contributed by atoms with Crippen LogP contribution in [0.2, 0.25) is 0 Å². The molecule has 0 spiro atoms. The zero-order valence-corrected chi connectivity index (χ0v) is 9.24. The number of carbonyl (C=O) groups is 1. The molecule has 0 bridgehead atoms. The Morgan fingerprint density at radius 2 is 1.58 bits per heavy atom. The van der Waals surface area contributed by atoms with Crippen LogP contribution in [0.5, 0.6) is 0 Å². The summed E-state index contributed by atoms with van der Waals surface area (Å²) in [7, 11) is 0. The van der Waals surface area contributed by atoms with Gasteiger partial charge >= 0.3 is 24.2 Å². The van der Waals surface area contributed by atoms with Gasteiger partial charge in [-0.3, -0.25) is 0 Å². The van der Waals surface area contributed by atoms with Gasteiger partial charge in [0, 0.05) is 12.0 Å². The smallest absolute Gasteiger partial charge is 0.419 e. The number of carboxylic acid groups (broad SMARTS) is 1. The van der Waals surface area contributed by atoms with Crippen molar-refractivity contribution >= 4 is 5.97 Å². The van der Waals surface area contributed by atoms with Crippen LogP contribution in [-0.4, -0.2) is 35.9 Å². The molecule has 0 amide bonds. The molecule has 0 unspecified atom stereocenters. The average molecular weight is 298 g/mol. The molecule has 0 aromatic rings. The molecular formula is C9H9F7O3. The van der Waals surface area contributed by atoms with Crippen LogP contribution in [0.1, 0.15) is 12.8 Å². The van der Waals surface area contributed by atoms with E-state index in [9.17, 15) is 35.5 Å². The highest BCUT2D eigenvalue weighted by molar-refractivity contribution is 5.85. The van der Waals surface area contributed by atoms with Crippen LogP contribution in [0.3, 0.4) is 0 Å². The summed E-state index contributed by atoms with van der Waals surface area (Å²) in [4.78, 5) is 10.2. The zero-order valence-electron chi connectivity index (χ0n) is 9.24. The molecule has 0 radical (unpaired) electrons. The van der Waals surface area contributed by atoms with E-state index in [1.54, 1.807) is 0 Å². The number of halogens is 7. The van der Waals surface area contributed by atoms with Crippen molar-refractivity contribution in [3.63, 3.8) is 0 Å². The summed E-state index contributed by atoms with van der Waals surface area (Å²) in [5, 5.41) is 8.28. The van der Waals surface area contributed by atoms with Crippen molar-refractivity contribution in [1.29, 1.82) is 0 Å². The third-order valence-electron chi connectivity index (χ3n) is 1.84. The minimum absolute atomic E-state index is 0.602. The highest BCUT2D eigenvalue weighted by Crippen LogP contribution is 2.43. The van der Waals surface area contributed by atoms with E-state index >= 15 is 0 Å². The lowest BCUT2D eigenvalue weighted by molar-refractivity contribution is -0.365. The second kappa shape index (κ2) is 5.76. The van der Waals surface area contributed by atoms with Crippen LogP contribution in [0, 0.1) is 0 Å². The molecule has 0 aromatic heterocycles. The quantitative estimate of drug-likeness (QED) is 0.580. The van der Waals surface area contributed by atoms with E-state index in [0.29, 0.717) is 0 Å². The Kier molecular flexibility index (Phi) is 5.36. The molecule has 0 fully saturated rings. The zero-order chi connectivity index (χ0) is 15.5. The highest BCUT2D eigenvalue weighted by atomic mass is 19.4. The fourth-order valence-corrected chi connectivity index (χ4v) is 0.870. The van der Waals surface area contributed by atoms with E-state index in [1.165, 1.54) is 0 Å². The molecule has 10 heteroatoms. The lowest BCUT2D eigenvalue weighted by Crippen LogP contribution is -2.46. The summed E-state index contributed by atoms with van der Waals surface area (Å²) in [5.74, 6) is -7.01. The highest BCUT2D eigenvalue weighted by Gasteiger charge is 2.62. The van der Waals surface area contributed by atoms with Gasteiger partial charge in [-0.05, 0) is 0 Å². The maximum absolute atomic E-state index is 12.7. The molecule has 0 aliphatic carbocycles. The van der Waals surface area contributed by atoms with Gasteiger partial charge in [0.05, 0.1) is 6.61 Å². The Morgan fingerprint density at radius 3 is 1.95 bits per heavy atom. The first-order valence-corrected chi connectivity index (χ1v) is 4.66. The van der Waals surface area contributed by atoms with E-state index in [0.717, 1.165) is 0 Å². The van der Waals surface area contributed by atoms with Crippen molar-refractivity contribution in [2.75, 3.05) is 6.61 Å². The molecular weight excluding hydrogens is 289 g/mol. The minimum Gasteiger partial charge on any atom is -0.478 e. The third kappa shape index (κ3) is 5.90. The van der Waals surface area contributed by atoms with Crippen LogP contribution < -0.4 is 0 Å². The van der Waals surface area contributed by atoms with Gasteiger partial charge in [-0.1, -0.05) is 6.58 Å². The Labute approximate surface area is 102 Å². The van der Waals surface area contributed by atoms with Crippen molar-refractivity contribution in [2.45, 2.75) is 31.0 Å². The van der Waals surface area contributed by atoms with E-state index in [-0.39, 0.29) is 0 Å². The molecule has 0 saturated heterocycles. The van der Waals surface area contributed by atoms with Gasteiger partial charge in [-0.2, -0.15) is 30.7 Å². The number of hydrogen-bond donors (Lipinski definition) is 1. The van der Waals surface area contributed by atoms with Crippen molar-refractivity contribution in [1.82, 2.24) is 0 Å². The molecule has 0 rings (SSSR count). The van der Waals surface area contributed by atoms with E-state index in [4.69, 9.17) is 5.11 Å². The van der Waals surface area contributed by atoms with Crippen molar-refractivity contribution < 1.29 is 45.4 Å². The van der Waals surface area contributed by atoms with Crippen LogP contribution in [0.15, 0.2) is 12.2 Å². The number of carboxylic acids is 1. The Bertz CT molecular complexity index is 348. The average Bonchev–Trinajstić information content (AvgIpc) is 2.12. The van der Waals surface area contributed by atoms with Gasteiger partial charge in [-0.25, -0.2) is 4.79 Å². The van der Waals surface area contributed by atoms with Crippen molar-refractivity contribution in [2.24, 2.45) is 0 Å². The van der Waals surface area contributed by atoms with E-state index < -0.39 is 49.2 Å². The summed E-state index contributed by atoms with van der Waals surface area (Å²) < 4.78 is 89.1. The molecule has 0 saturated carbocycles. The molecule has 0 heterocycles. The Morgan fingerprint density at radius 1 is 1.11 bits per heavy atom. The number of rotatable bonds is 7. The number of ether oxygens (including phenoxy) is 1. The van der Waals surface area contributed by atoms with Gasteiger partial charge in [0.15, 0.2) is 0 Å². The standard InChI is InChI=1S/C9H9F7O3/c1-5(6(17)18)2-3-19-9(15,16)7(10,11)4-8(12,13)14/h1-4H2,(H,17,18). The molecule has 3 nitrogen and oxygen atoms in total. The first-order valence-electron chi connectivity index (χ1n) is 4.66. The van der Waals surface area contributed by atoms with Gasteiger partial charge in [0.1, 0.15) is 6.42 Å². The lowest BCUT2D eigenvalue weighted by Gasteiger charge is -2.26. The number of alkyl halides is 7. The topological polar surface area (TPSA) is 46.5 Å². The summed E-state index contributed by atoms with van der Waals surface area (Å²) in [5.41, 5.74) is -0.602. The molecule has 112 valence electrons. The summed E-state index contributed by atoms with van der Waals surface area (Å²) in [6, 6.07) is 0. The van der Waals surface area contributed by atoms with Crippen LogP contribution in [0.25, 0.3) is 0 Å². The maximum Gasteiger partial charge on any atom is 0.419 e. The van der Waals surface area contributed by atoms with Crippen LogP contribution >= 0.6 is 0 Å². The van der Waals surface area contributed by atoms with Crippen molar-refractivity contribution in [3.05, 3.63) is 12.2 Å². The van der Waals surface area contributed by atoms with Gasteiger partial charge in [0.25, 0.3) is 0 Å². The second-order valence-corrected chi connectivity index (χ2v) is 3.52. The van der Waals surface area contributed by atoms with Gasteiger partial charge < -0.3 is 9.84 Å². The van der Waals surface area contributed by atoms with Crippen LogP contribution in [-0.2, 0) is 9.53 Å². The first-order chi connectivity index (χ1) is 8.28. The lowest BCUT2D eigenvalue weighted by atomic mass is 10.2. The Hall–Kier alpha value is -1.32. The van der Waals surface area contributed by atoms with Crippen LogP contribution in [0.4, 0.5) is 30.7 Å². The number of hydrogen-bond acceptors (Lipinski definition) is 2. The molecule has 0 aromatic carbocycles. The van der Waals surface area contributed by atoms with Crippen molar-refractivity contribution in [3.8, 4) is 0 Å². The van der Waals surface area contributed by atoms with Gasteiger partial charge in [-0.15, -0.1) is 0 Å². The monoisotopic (exact) mass is 298 g/mol. The maximum atomic E-state index is 12.7. The largest absolute Gasteiger partial charge is 0.478 e.